The molecule has 0 aliphatic rings. The van der Waals surface area contributed by atoms with E-state index in [0.717, 1.165) is 18.6 Å². The van der Waals surface area contributed by atoms with Gasteiger partial charge in [0.2, 0.25) is 0 Å². The Kier molecular flexibility index (Phi) is 6.37. The maximum Gasteiger partial charge on any atom is 0.160 e. The minimum atomic E-state index is -0.954. The number of rotatable bonds is 2. The van der Waals surface area contributed by atoms with Crippen molar-refractivity contribution in [3.8, 4) is 23.7 Å². The molecule has 0 nitrogen and oxygen atoms in total. The zero-order valence-corrected chi connectivity index (χ0v) is 15.6. The minimum Gasteiger partial charge on any atom is -0.206 e. The van der Waals surface area contributed by atoms with Crippen molar-refractivity contribution in [1.82, 2.24) is 0 Å². The van der Waals surface area contributed by atoms with E-state index in [9.17, 15) is 17.6 Å². The van der Waals surface area contributed by atoms with Gasteiger partial charge in [-0.3, -0.25) is 0 Å². The molecule has 0 N–H and O–H groups in total. The second kappa shape index (κ2) is 9.13. The summed E-state index contributed by atoms with van der Waals surface area (Å²) in [6, 6.07) is 12.8. The SMILES string of the molecule is CCCc1cc(F)c(C#Cc2ccc(C#Cc3ccc(F)c(F)c3)cc2)c(F)c1. The lowest BCUT2D eigenvalue weighted by Crippen LogP contribution is -1.94. The summed E-state index contributed by atoms with van der Waals surface area (Å²) in [5.74, 6) is 7.64. The molecule has 0 amide bonds. The van der Waals surface area contributed by atoms with Crippen molar-refractivity contribution in [2.45, 2.75) is 19.8 Å². The van der Waals surface area contributed by atoms with Gasteiger partial charge >= 0.3 is 0 Å². The van der Waals surface area contributed by atoms with Crippen molar-refractivity contribution in [2.75, 3.05) is 0 Å². The summed E-state index contributed by atoms with van der Waals surface area (Å²) in [6.07, 6.45) is 1.41. The van der Waals surface area contributed by atoms with Crippen molar-refractivity contribution in [1.29, 1.82) is 0 Å². The Bertz CT molecular complexity index is 1130. The van der Waals surface area contributed by atoms with Gasteiger partial charge in [0.15, 0.2) is 11.6 Å². The van der Waals surface area contributed by atoms with E-state index >= 15 is 0 Å². The van der Waals surface area contributed by atoms with Crippen LogP contribution in [0.4, 0.5) is 17.6 Å². The van der Waals surface area contributed by atoms with Crippen LogP contribution in [0, 0.1) is 47.0 Å². The van der Waals surface area contributed by atoms with Gasteiger partial charge in [-0.25, -0.2) is 17.6 Å². The van der Waals surface area contributed by atoms with Crippen molar-refractivity contribution >= 4 is 0 Å². The number of benzene rings is 3. The highest BCUT2D eigenvalue weighted by Crippen LogP contribution is 2.16. The van der Waals surface area contributed by atoms with E-state index in [-0.39, 0.29) is 5.56 Å². The Morgan fingerprint density at radius 1 is 0.586 bits per heavy atom. The van der Waals surface area contributed by atoms with E-state index in [1.807, 2.05) is 6.92 Å². The van der Waals surface area contributed by atoms with Gasteiger partial charge < -0.3 is 0 Å². The summed E-state index contributed by atoms with van der Waals surface area (Å²) in [6.45, 7) is 1.94. The molecule has 144 valence electrons. The maximum absolute atomic E-state index is 14.1. The lowest BCUT2D eigenvalue weighted by Gasteiger charge is -2.02. The molecule has 0 aromatic heterocycles. The number of hydrogen-bond acceptors (Lipinski definition) is 0. The van der Waals surface area contributed by atoms with Gasteiger partial charge in [0.1, 0.15) is 11.6 Å². The average Bonchev–Trinajstić information content (AvgIpc) is 2.69. The smallest absolute Gasteiger partial charge is 0.160 e. The lowest BCUT2D eigenvalue weighted by atomic mass is 10.1. The van der Waals surface area contributed by atoms with E-state index in [1.54, 1.807) is 24.3 Å². The van der Waals surface area contributed by atoms with Crippen LogP contribution in [0.3, 0.4) is 0 Å². The first-order valence-corrected chi connectivity index (χ1v) is 9.03. The standard InChI is InChI=1S/C25H16F4/c1-2-3-20-15-23(27)21(24(28)16-20)12-10-18-6-4-17(5-7-18)8-9-19-11-13-22(26)25(29)14-19/h4-7,11,13-16H,2-3H2,1H3. The quantitative estimate of drug-likeness (QED) is 0.371. The molecule has 0 radical (unpaired) electrons. The predicted molar refractivity (Wildman–Crippen MR) is 105 cm³/mol. The average molecular weight is 392 g/mol. The topological polar surface area (TPSA) is 0 Å². The molecule has 3 aromatic carbocycles. The van der Waals surface area contributed by atoms with Crippen molar-refractivity contribution < 1.29 is 17.6 Å². The zero-order chi connectivity index (χ0) is 20.8. The van der Waals surface area contributed by atoms with Crippen LogP contribution in [-0.4, -0.2) is 0 Å². The molecule has 0 fully saturated rings. The first kappa shape index (κ1) is 20.2. The van der Waals surface area contributed by atoms with Crippen LogP contribution in [-0.2, 0) is 6.42 Å². The summed E-state index contributed by atoms with van der Waals surface area (Å²) in [5, 5.41) is 0. The van der Waals surface area contributed by atoms with E-state index in [2.05, 4.69) is 23.7 Å². The molecule has 0 aliphatic heterocycles. The highest BCUT2D eigenvalue weighted by molar-refractivity contribution is 5.48. The van der Waals surface area contributed by atoms with E-state index in [0.29, 0.717) is 28.7 Å². The molecule has 0 heterocycles. The van der Waals surface area contributed by atoms with E-state index in [4.69, 9.17) is 0 Å². The third-order valence-electron chi connectivity index (χ3n) is 4.13. The van der Waals surface area contributed by atoms with E-state index < -0.39 is 23.3 Å². The van der Waals surface area contributed by atoms with Gasteiger partial charge in [-0.05, 0) is 66.6 Å². The number of aryl methyl sites for hydroxylation is 1. The molecule has 0 aliphatic carbocycles. The van der Waals surface area contributed by atoms with Crippen LogP contribution in [0.15, 0.2) is 54.6 Å². The largest absolute Gasteiger partial charge is 0.206 e. The first-order valence-electron chi connectivity index (χ1n) is 9.03. The molecular weight excluding hydrogens is 376 g/mol. The zero-order valence-electron chi connectivity index (χ0n) is 15.6. The third-order valence-corrected chi connectivity index (χ3v) is 4.13. The molecule has 0 spiro atoms. The van der Waals surface area contributed by atoms with Gasteiger partial charge in [-0.15, -0.1) is 0 Å². The third kappa shape index (κ3) is 5.27. The van der Waals surface area contributed by atoms with Gasteiger partial charge in [-0.2, -0.15) is 0 Å². The second-order valence-electron chi connectivity index (χ2n) is 6.39. The summed E-state index contributed by atoms with van der Waals surface area (Å²) < 4.78 is 54.3. The van der Waals surface area contributed by atoms with Crippen LogP contribution < -0.4 is 0 Å². The van der Waals surface area contributed by atoms with Crippen LogP contribution in [0.25, 0.3) is 0 Å². The molecule has 0 atom stereocenters. The number of halogens is 4. The Labute approximate surface area is 167 Å². The molecule has 3 aromatic rings. The molecule has 29 heavy (non-hydrogen) atoms. The molecule has 4 heteroatoms. The Hall–Kier alpha value is -3.50. The van der Waals surface area contributed by atoms with Crippen LogP contribution in [0.1, 0.15) is 41.2 Å². The molecular formula is C25H16F4. The highest BCUT2D eigenvalue weighted by Gasteiger charge is 2.08. The fourth-order valence-corrected chi connectivity index (χ4v) is 2.67. The molecule has 0 bridgehead atoms. The molecule has 3 rings (SSSR count). The molecule has 0 unspecified atom stereocenters. The Morgan fingerprint density at radius 2 is 1.10 bits per heavy atom. The predicted octanol–water partition coefficient (Wildman–Crippen LogP) is 6.00. The minimum absolute atomic E-state index is 0.257. The fourth-order valence-electron chi connectivity index (χ4n) is 2.67. The molecule has 0 saturated carbocycles. The normalized spacial score (nSPS) is 9.97. The first-order chi connectivity index (χ1) is 14.0. The van der Waals surface area contributed by atoms with Gasteiger partial charge in [0.25, 0.3) is 0 Å². The fraction of sp³-hybridized carbons (Fsp3) is 0.120. The molecule has 0 saturated heterocycles. The van der Waals surface area contributed by atoms with Crippen molar-refractivity contribution in [2.24, 2.45) is 0 Å². The monoisotopic (exact) mass is 392 g/mol. The lowest BCUT2D eigenvalue weighted by molar-refractivity contribution is 0.508. The van der Waals surface area contributed by atoms with Gasteiger partial charge in [-0.1, -0.05) is 37.0 Å². The van der Waals surface area contributed by atoms with Crippen LogP contribution >= 0.6 is 0 Å². The maximum atomic E-state index is 14.1. The summed E-state index contributed by atoms with van der Waals surface area (Å²) in [4.78, 5) is 0. The summed E-state index contributed by atoms with van der Waals surface area (Å²) in [7, 11) is 0. The van der Waals surface area contributed by atoms with Crippen molar-refractivity contribution in [3.05, 3.63) is 106 Å². The highest BCUT2D eigenvalue weighted by atomic mass is 19.2. The van der Waals surface area contributed by atoms with Crippen LogP contribution in [0.5, 0.6) is 0 Å². The number of hydrogen-bond donors (Lipinski definition) is 0. The van der Waals surface area contributed by atoms with Gasteiger partial charge in [0.05, 0.1) is 5.56 Å². The Morgan fingerprint density at radius 3 is 1.66 bits per heavy atom. The van der Waals surface area contributed by atoms with Crippen LogP contribution in [0.2, 0.25) is 0 Å². The Balaban J connectivity index is 1.77. The second-order valence-corrected chi connectivity index (χ2v) is 6.39. The van der Waals surface area contributed by atoms with E-state index in [1.165, 1.54) is 18.2 Å². The van der Waals surface area contributed by atoms with Crippen molar-refractivity contribution in [3.63, 3.8) is 0 Å². The van der Waals surface area contributed by atoms with Gasteiger partial charge in [0, 0.05) is 16.7 Å². The summed E-state index contributed by atoms with van der Waals surface area (Å²) in [5.41, 5.74) is 1.91. The summed E-state index contributed by atoms with van der Waals surface area (Å²) >= 11 is 0.